The topological polar surface area (TPSA) is 104 Å². The zero-order chi connectivity index (χ0) is 24.0. The van der Waals surface area contributed by atoms with Gasteiger partial charge in [0.25, 0.3) is 0 Å². The van der Waals surface area contributed by atoms with Crippen LogP contribution in [-0.2, 0) is 14.3 Å². The minimum atomic E-state index is -0.760. The number of furan rings is 1. The Morgan fingerprint density at radius 3 is 2.82 bits per heavy atom. The van der Waals surface area contributed by atoms with Crippen molar-refractivity contribution >= 4 is 40.9 Å². The van der Waals surface area contributed by atoms with E-state index in [2.05, 4.69) is 23.3 Å². The van der Waals surface area contributed by atoms with Gasteiger partial charge in [-0.3, -0.25) is 4.79 Å². The maximum atomic E-state index is 12.7. The second kappa shape index (κ2) is 10.9. The first-order valence-electron chi connectivity index (χ1n) is 9.98. The maximum Gasteiger partial charge on any atom is 0.337 e. The zero-order valence-electron chi connectivity index (χ0n) is 18.1. The summed E-state index contributed by atoms with van der Waals surface area (Å²) in [5.41, 5.74) is 2.43. The molecule has 0 fully saturated rings. The minimum absolute atomic E-state index is 0.0356. The van der Waals surface area contributed by atoms with E-state index < -0.39 is 11.9 Å². The number of carbonyl (C=O) groups is 2. The van der Waals surface area contributed by atoms with Crippen molar-refractivity contribution in [2.45, 2.75) is 19.8 Å². The van der Waals surface area contributed by atoms with Gasteiger partial charge in [0.15, 0.2) is 0 Å². The van der Waals surface area contributed by atoms with Gasteiger partial charge in [-0.1, -0.05) is 42.1 Å². The third-order valence-electron chi connectivity index (χ3n) is 4.92. The van der Waals surface area contributed by atoms with Crippen LogP contribution in [0.2, 0.25) is 5.02 Å². The zero-order valence-corrected chi connectivity index (χ0v) is 19.7. The van der Waals surface area contributed by atoms with E-state index in [-0.39, 0.29) is 29.4 Å². The van der Waals surface area contributed by atoms with Gasteiger partial charge in [-0.2, -0.15) is 5.26 Å². The lowest BCUT2D eigenvalue weighted by molar-refractivity contribution is -0.138. The number of ether oxygens (including phenoxy) is 1. The molecule has 0 saturated heterocycles. The highest BCUT2D eigenvalue weighted by Gasteiger charge is 2.37. The summed E-state index contributed by atoms with van der Waals surface area (Å²) in [6.45, 7) is 7.12. The molecule has 1 aromatic carbocycles. The molecule has 2 aromatic rings. The number of esters is 1. The average molecular weight is 484 g/mol. The van der Waals surface area contributed by atoms with Crippen molar-refractivity contribution in [2.24, 2.45) is 0 Å². The Balaban J connectivity index is 1.85. The maximum absolute atomic E-state index is 12.7. The Morgan fingerprint density at radius 1 is 1.36 bits per heavy atom. The molecule has 0 spiro atoms. The molecule has 0 unspecified atom stereocenters. The number of thioether (sulfide) groups is 1. The average Bonchev–Trinajstić information content (AvgIpc) is 3.33. The molecule has 0 saturated carbocycles. The molecule has 3 rings (SSSR count). The Labute approximate surface area is 201 Å². The van der Waals surface area contributed by atoms with Crippen molar-refractivity contribution in [1.29, 1.82) is 5.26 Å². The number of nitrogens with zero attached hydrogens (tertiary/aromatic N) is 1. The number of halogens is 1. The van der Waals surface area contributed by atoms with Gasteiger partial charge in [0.2, 0.25) is 5.91 Å². The number of hydrogen-bond donors (Lipinski definition) is 2. The van der Waals surface area contributed by atoms with Crippen molar-refractivity contribution in [3.05, 3.63) is 87.5 Å². The SMILES string of the molecule is C=CCOC(=O)C1=C(C)NC(SCC(=O)Nc2cccc(Cl)c2C)=C(C#N)[C@H]1c1ccco1. The van der Waals surface area contributed by atoms with E-state index in [0.717, 1.165) is 17.3 Å². The minimum Gasteiger partial charge on any atom is -0.468 e. The van der Waals surface area contributed by atoms with Gasteiger partial charge in [-0.25, -0.2) is 4.79 Å². The van der Waals surface area contributed by atoms with Crippen LogP contribution in [0.4, 0.5) is 5.69 Å². The normalized spacial score (nSPS) is 15.5. The van der Waals surface area contributed by atoms with Gasteiger partial charge in [-0.15, -0.1) is 0 Å². The summed E-state index contributed by atoms with van der Waals surface area (Å²) in [5, 5.41) is 16.9. The van der Waals surface area contributed by atoms with Crippen LogP contribution >= 0.6 is 23.4 Å². The van der Waals surface area contributed by atoms with Crippen molar-refractivity contribution in [2.75, 3.05) is 17.7 Å². The van der Waals surface area contributed by atoms with E-state index in [9.17, 15) is 14.9 Å². The Hall–Kier alpha value is -3.41. The van der Waals surface area contributed by atoms with Gasteiger partial charge < -0.3 is 19.8 Å². The molecule has 1 aliphatic heterocycles. The number of allylic oxidation sites excluding steroid dienone is 2. The number of hydrogen-bond acceptors (Lipinski definition) is 7. The lowest BCUT2D eigenvalue weighted by atomic mass is 9.86. The molecule has 1 aliphatic rings. The number of rotatable bonds is 8. The number of amides is 1. The Kier molecular flexibility index (Phi) is 8.04. The summed E-state index contributed by atoms with van der Waals surface area (Å²) in [7, 11) is 0. The van der Waals surface area contributed by atoms with E-state index in [4.69, 9.17) is 20.8 Å². The third kappa shape index (κ3) is 5.51. The van der Waals surface area contributed by atoms with Crippen LogP contribution < -0.4 is 10.6 Å². The highest BCUT2D eigenvalue weighted by molar-refractivity contribution is 8.03. The van der Waals surface area contributed by atoms with Gasteiger partial charge in [0.05, 0.1) is 40.2 Å². The van der Waals surface area contributed by atoms with E-state index >= 15 is 0 Å². The van der Waals surface area contributed by atoms with Crippen LogP contribution in [0.3, 0.4) is 0 Å². The smallest absolute Gasteiger partial charge is 0.337 e. The lowest BCUT2D eigenvalue weighted by Crippen LogP contribution is -2.29. The molecule has 0 bridgehead atoms. The summed E-state index contributed by atoms with van der Waals surface area (Å²) >= 11 is 7.28. The molecular formula is C24H22ClN3O4S. The molecule has 1 aromatic heterocycles. The summed E-state index contributed by atoms with van der Waals surface area (Å²) < 4.78 is 10.8. The molecule has 170 valence electrons. The number of benzene rings is 1. The number of carbonyl (C=O) groups excluding carboxylic acids is 2. The predicted octanol–water partition coefficient (Wildman–Crippen LogP) is 5.04. The van der Waals surface area contributed by atoms with E-state index in [1.807, 2.05) is 6.92 Å². The van der Waals surface area contributed by atoms with Crippen LogP contribution in [0.25, 0.3) is 0 Å². The highest BCUT2D eigenvalue weighted by atomic mass is 35.5. The highest BCUT2D eigenvalue weighted by Crippen LogP contribution is 2.41. The standard InChI is InChI=1S/C24H22ClN3O4S/c1-4-10-32-24(30)21-15(3)27-23(16(12-26)22(21)19-9-6-11-31-19)33-13-20(29)28-18-8-5-7-17(25)14(18)2/h4-9,11,22,27H,1,10,13H2,2-3H3,(H,28,29)/t22-/m0/s1. The van der Waals surface area contributed by atoms with E-state index in [1.165, 1.54) is 12.3 Å². The molecule has 0 radical (unpaired) electrons. The molecule has 2 heterocycles. The summed E-state index contributed by atoms with van der Waals surface area (Å²) in [4.78, 5) is 25.3. The van der Waals surface area contributed by atoms with E-state index in [0.29, 0.717) is 27.2 Å². The molecule has 1 atom stereocenters. The number of dihydropyridines is 1. The Morgan fingerprint density at radius 2 is 2.15 bits per heavy atom. The first-order chi connectivity index (χ1) is 15.9. The number of nitrogens with one attached hydrogen (secondary N) is 2. The molecule has 33 heavy (non-hydrogen) atoms. The van der Waals surface area contributed by atoms with Crippen LogP contribution in [-0.4, -0.2) is 24.2 Å². The van der Waals surface area contributed by atoms with Gasteiger partial charge in [-0.05, 0) is 43.7 Å². The van der Waals surface area contributed by atoms with Crippen LogP contribution in [0, 0.1) is 18.3 Å². The van der Waals surface area contributed by atoms with Crippen molar-refractivity contribution in [1.82, 2.24) is 5.32 Å². The fourth-order valence-electron chi connectivity index (χ4n) is 3.32. The van der Waals surface area contributed by atoms with Crippen molar-refractivity contribution in [3.63, 3.8) is 0 Å². The van der Waals surface area contributed by atoms with Gasteiger partial charge in [0, 0.05) is 16.4 Å². The second-order valence-corrected chi connectivity index (χ2v) is 8.50. The summed E-state index contributed by atoms with van der Waals surface area (Å²) in [6.07, 6.45) is 2.94. The van der Waals surface area contributed by atoms with Gasteiger partial charge in [0.1, 0.15) is 12.4 Å². The summed E-state index contributed by atoms with van der Waals surface area (Å²) in [5.74, 6) is -1.13. The predicted molar refractivity (Wildman–Crippen MR) is 128 cm³/mol. The number of nitriles is 1. The molecule has 2 N–H and O–H groups in total. The number of anilines is 1. The van der Waals surface area contributed by atoms with Crippen LogP contribution in [0.15, 0.2) is 75.5 Å². The molecular weight excluding hydrogens is 462 g/mol. The van der Waals surface area contributed by atoms with Crippen molar-refractivity contribution < 1.29 is 18.7 Å². The quantitative estimate of drug-likeness (QED) is 0.400. The largest absolute Gasteiger partial charge is 0.468 e. The van der Waals surface area contributed by atoms with Crippen molar-refractivity contribution in [3.8, 4) is 6.07 Å². The third-order valence-corrected chi connectivity index (χ3v) is 6.34. The fourth-order valence-corrected chi connectivity index (χ4v) is 4.38. The first-order valence-corrected chi connectivity index (χ1v) is 11.3. The lowest BCUT2D eigenvalue weighted by Gasteiger charge is -2.27. The Bertz CT molecular complexity index is 1180. The molecule has 1 amide bonds. The molecule has 9 heteroatoms. The van der Waals surface area contributed by atoms with Gasteiger partial charge >= 0.3 is 5.97 Å². The second-order valence-electron chi connectivity index (χ2n) is 7.10. The van der Waals surface area contributed by atoms with Crippen LogP contribution in [0.1, 0.15) is 24.2 Å². The monoisotopic (exact) mass is 483 g/mol. The molecule has 7 nitrogen and oxygen atoms in total. The van der Waals surface area contributed by atoms with E-state index in [1.54, 1.807) is 37.3 Å². The molecule has 0 aliphatic carbocycles. The summed E-state index contributed by atoms with van der Waals surface area (Å²) in [6, 6.07) is 10.8. The first kappa shape index (κ1) is 24.2. The fraction of sp³-hybridized carbons (Fsp3) is 0.208. The van der Waals surface area contributed by atoms with Crippen LogP contribution in [0.5, 0.6) is 0 Å².